The van der Waals surface area contributed by atoms with E-state index < -0.39 is 24.1 Å². The first-order valence-electron chi connectivity index (χ1n) is 4.63. The average Bonchev–Trinajstić information content (AvgIpc) is 2.20. The standard InChI is InChI=1S/C11H15O5/c1-5-10(14-6-2)11(16-9(4)13)7-15-8(3)12/h1,5-6,10-11H,2,7H2,3-4H3. The highest BCUT2D eigenvalue weighted by Gasteiger charge is 2.23. The van der Waals surface area contributed by atoms with Crippen molar-refractivity contribution in [3.63, 3.8) is 0 Å². The molecule has 0 saturated heterocycles. The summed E-state index contributed by atoms with van der Waals surface area (Å²) in [4.78, 5) is 21.5. The molecule has 0 N–H and O–H groups in total. The van der Waals surface area contributed by atoms with Crippen LogP contribution >= 0.6 is 0 Å². The van der Waals surface area contributed by atoms with E-state index in [-0.39, 0.29) is 6.61 Å². The number of ether oxygens (including phenoxy) is 3. The molecule has 89 valence electrons. The van der Waals surface area contributed by atoms with Crippen molar-refractivity contribution in [2.75, 3.05) is 6.61 Å². The second-order valence-electron chi connectivity index (χ2n) is 2.91. The molecule has 0 aromatic heterocycles. The molecule has 2 unspecified atom stereocenters. The Hall–Kier alpha value is -1.78. The highest BCUT2D eigenvalue weighted by atomic mass is 16.6. The van der Waals surface area contributed by atoms with Gasteiger partial charge in [-0.3, -0.25) is 9.59 Å². The van der Waals surface area contributed by atoms with Crippen LogP contribution < -0.4 is 0 Å². The summed E-state index contributed by atoms with van der Waals surface area (Å²) in [6, 6.07) is 0. The summed E-state index contributed by atoms with van der Waals surface area (Å²) < 4.78 is 14.6. The molecule has 0 fully saturated rings. The van der Waals surface area contributed by atoms with Crippen LogP contribution in [0.5, 0.6) is 0 Å². The van der Waals surface area contributed by atoms with E-state index in [2.05, 4.69) is 6.58 Å². The van der Waals surface area contributed by atoms with Gasteiger partial charge in [-0.25, -0.2) is 0 Å². The van der Waals surface area contributed by atoms with Gasteiger partial charge in [0, 0.05) is 13.8 Å². The van der Waals surface area contributed by atoms with E-state index in [1.165, 1.54) is 19.9 Å². The Labute approximate surface area is 94.7 Å². The maximum absolute atomic E-state index is 10.8. The molecule has 0 rings (SSSR count). The first-order valence-corrected chi connectivity index (χ1v) is 4.63. The molecular weight excluding hydrogens is 212 g/mol. The van der Waals surface area contributed by atoms with Gasteiger partial charge in [-0.15, -0.1) is 0 Å². The lowest BCUT2D eigenvalue weighted by molar-refractivity contribution is -0.161. The van der Waals surface area contributed by atoms with Gasteiger partial charge in [0.15, 0.2) is 12.2 Å². The summed E-state index contributed by atoms with van der Waals surface area (Å²) in [5.74, 6) is -0.997. The fourth-order valence-electron chi connectivity index (χ4n) is 0.977. The van der Waals surface area contributed by atoms with Gasteiger partial charge in [0.2, 0.25) is 0 Å². The van der Waals surface area contributed by atoms with Gasteiger partial charge >= 0.3 is 11.9 Å². The van der Waals surface area contributed by atoms with Crippen molar-refractivity contribution in [2.45, 2.75) is 26.1 Å². The Balaban J connectivity index is 4.47. The number of rotatable bonds is 7. The zero-order valence-corrected chi connectivity index (χ0v) is 9.34. The molecular formula is C11H15O5. The first kappa shape index (κ1) is 14.2. The van der Waals surface area contributed by atoms with E-state index in [1.54, 1.807) is 0 Å². The Kier molecular flexibility index (Phi) is 6.67. The molecule has 5 nitrogen and oxygen atoms in total. The molecule has 0 amide bonds. The molecule has 0 aromatic carbocycles. The fourth-order valence-corrected chi connectivity index (χ4v) is 0.977. The minimum atomic E-state index is -0.788. The van der Waals surface area contributed by atoms with Crippen molar-refractivity contribution in [1.29, 1.82) is 0 Å². The molecule has 0 spiro atoms. The maximum Gasteiger partial charge on any atom is 0.303 e. The van der Waals surface area contributed by atoms with Crippen molar-refractivity contribution in [3.05, 3.63) is 25.5 Å². The van der Waals surface area contributed by atoms with Crippen molar-refractivity contribution in [2.24, 2.45) is 0 Å². The molecule has 0 aliphatic carbocycles. The predicted molar refractivity (Wildman–Crippen MR) is 56.1 cm³/mol. The minimum Gasteiger partial charge on any atom is -0.491 e. The van der Waals surface area contributed by atoms with Crippen LogP contribution in [0.4, 0.5) is 0 Å². The molecule has 0 aliphatic rings. The van der Waals surface area contributed by atoms with Crippen LogP contribution in [0.25, 0.3) is 0 Å². The lowest BCUT2D eigenvalue weighted by Crippen LogP contribution is -2.35. The zero-order chi connectivity index (χ0) is 12.6. The molecule has 5 heteroatoms. The molecule has 0 bridgehead atoms. The van der Waals surface area contributed by atoms with Crippen molar-refractivity contribution in [1.82, 2.24) is 0 Å². The lowest BCUT2D eigenvalue weighted by atomic mass is 10.2. The fraction of sp³-hybridized carbons (Fsp3) is 0.455. The van der Waals surface area contributed by atoms with Crippen LogP contribution in [0.3, 0.4) is 0 Å². The molecule has 0 heterocycles. The molecule has 0 aromatic rings. The van der Waals surface area contributed by atoms with Crippen LogP contribution in [-0.4, -0.2) is 30.8 Å². The van der Waals surface area contributed by atoms with Crippen molar-refractivity contribution < 1.29 is 23.8 Å². The van der Waals surface area contributed by atoms with E-state index in [9.17, 15) is 9.59 Å². The number of esters is 2. The molecule has 0 aliphatic heterocycles. The van der Waals surface area contributed by atoms with Crippen LogP contribution in [0.15, 0.2) is 18.9 Å². The van der Waals surface area contributed by atoms with E-state index in [4.69, 9.17) is 20.8 Å². The lowest BCUT2D eigenvalue weighted by Gasteiger charge is -2.22. The predicted octanol–water partition coefficient (Wildman–Crippen LogP) is 0.999. The van der Waals surface area contributed by atoms with Gasteiger partial charge in [0.05, 0.1) is 6.26 Å². The van der Waals surface area contributed by atoms with Crippen molar-refractivity contribution in [3.8, 4) is 0 Å². The SMILES string of the molecule is [CH]=CC(OC=C)C(COC(C)=O)OC(C)=O. The van der Waals surface area contributed by atoms with Gasteiger partial charge in [-0.05, 0) is 6.08 Å². The van der Waals surface area contributed by atoms with Gasteiger partial charge in [-0.2, -0.15) is 0 Å². The second kappa shape index (κ2) is 7.50. The second-order valence-corrected chi connectivity index (χ2v) is 2.91. The zero-order valence-electron chi connectivity index (χ0n) is 9.34. The Bertz CT molecular complexity index is 272. The number of hydrogen-bond acceptors (Lipinski definition) is 5. The summed E-state index contributed by atoms with van der Waals surface area (Å²) in [6.45, 7) is 11.0. The molecule has 2 atom stereocenters. The normalized spacial score (nSPS) is 13.1. The Morgan fingerprint density at radius 3 is 2.38 bits per heavy atom. The third-order valence-corrected chi connectivity index (χ3v) is 1.58. The topological polar surface area (TPSA) is 61.8 Å². The van der Waals surface area contributed by atoms with Crippen LogP contribution in [0, 0.1) is 6.58 Å². The maximum atomic E-state index is 10.8. The summed E-state index contributed by atoms with van der Waals surface area (Å²) in [7, 11) is 0. The average molecular weight is 227 g/mol. The molecule has 1 radical (unpaired) electrons. The third-order valence-electron chi connectivity index (χ3n) is 1.58. The smallest absolute Gasteiger partial charge is 0.303 e. The van der Waals surface area contributed by atoms with Gasteiger partial charge < -0.3 is 14.2 Å². The first-order chi connectivity index (χ1) is 7.51. The monoisotopic (exact) mass is 227 g/mol. The van der Waals surface area contributed by atoms with Gasteiger partial charge in [0.1, 0.15) is 6.61 Å². The highest BCUT2D eigenvalue weighted by Crippen LogP contribution is 2.07. The Morgan fingerprint density at radius 2 is 2.00 bits per heavy atom. The number of carbonyl (C=O) groups is 2. The third kappa shape index (κ3) is 5.85. The van der Waals surface area contributed by atoms with E-state index in [0.29, 0.717) is 0 Å². The summed E-state index contributed by atoms with van der Waals surface area (Å²) in [5.41, 5.74) is 0. The largest absolute Gasteiger partial charge is 0.491 e. The summed E-state index contributed by atoms with van der Waals surface area (Å²) >= 11 is 0. The number of hydrogen-bond donors (Lipinski definition) is 0. The minimum absolute atomic E-state index is 0.124. The summed E-state index contributed by atoms with van der Waals surface area (Å²) in [5, 5.41) is 0. The van der Waals surface area contributed by atoms with Gasteiger partial charge in [0.25, 0.3) is 0 Å². The Morgan fingerprint density at radius 1 is 1.38 bits per heavy atom. The van der Waals surface area contributed by atoms with Gasteiger partial charge in [-0.1, -0.05) is 13.2 Å². The highest BCUT2D eigenvalue weighted by molar-refractivity contribution is 5.67. The number of carbonyl (C=O) groups excluding carboxylic acids is 2. The van der Waals surface area contributed by atoms with E-state index in [1.807, 2.05) is 0 Å². The quantitative estimate of drug-likeness (QED) is 0.479. The van der Waals surface area contributed by atoms with E-state index >= 15 is 0 Å². The van der Waals surface area contributed by atoms with E-state index in [0.717, 1.165) is 6.26 Å². The van der Waals surface area contributed by atoms with Crippen LogP contribution in [0.1, 0.15) is 13.8 Å². The van der Waals surface area contributed by atoms with Crippen LogP contribution in [-0.2, 0) is 23.8 Å². The molecule has 16 heavy (non-hydrogen) atoms. The summed E-state index contributed by atoms with van der Waals surface area (Å²) in [6.07, 6.45) is 0.863. The van der Waals surface area contributed by atoms with Crippen LogP contribution in [0.2, 0.25) is 0 Å². The molecule has 0 saturated carbocycles. The van der Waals surface area contributed by atoms with Crippen molar-refractivity contribution >= 4 is 11.9 Å².